The number of pyridine rings is 1. The lowest BCUT2D eigenvalue weighted by atomic mass is 9.73. The van der Waals surface area contributed by atoms with Crippen molar-refractivity contribution in [3.63, 3.8) is 0 Å². The molecule has 2 heterocycles. The Labute approximate surface area is 144 Å². The topological polar surface area (TPSA) is 73.7 Å². The summed E-state index contributed by atoms with van der Waals surface area (Å²) in [6.07, 6.45) is 2.81. The van der Waals surface area contributed by atoms with Crippen molar-refractivity contribution in [2.45, 2.75) is 12.8 Å². The third-order valence-corrected chi connectivity index (χ3v) is 5.07. The van der Waals surface area contributed by atoms with E-state index >= 15 is 0 Å². The first-order valence-electron chi connectivity index (χ1n) is 7.55. The Bertz CT molecular complexity index is 632. The van der Waals surface area contributed by atoms with Gasteiger partial charge in [0.15, 0.2) is 0 Å². The maximum absolute atomic E-state index is 12.4. The van der Waals surface area contributed by atoms with Gasteiger partial charge in [0.1, 0.15) is 5.82 Å². The maximum Gasteiger partial charge on any atom is 0.307 e. The molecule has 1 aromatic heterocycles. The minimum absolute atomic E-state index is 0.0431. The zero-order valence-corrected chi connectivity index (χ0v) is 13.9. The van der Waals surface area contributed by atoms with Gasteiger partial charge in [-0.15, -0.1) is 0 Å². The quantitative estimate of drug-likeness (QED) is 0.896. The van der Waals surface area contributed by atoms with Crippen LogP contribution in [-0.2, 0) is 9.59 Å². The Morgan fingerprint density at radius 1 is 1.13 bits per heavy atom. The van der Waals surface area contributed by atoms with Crippen molar-refractivity contribution in [2.75, 3.05) is 31.1 Å². The number of carboxylic acid groups (broad SMARTS) is 1. The molecule has 1 saturated carbocycles. The molecule has 2 unspecified atom stereocenters. The monoisotopic (exact) mass is 357 g/mol. The first kappa shape index (κ1) is 16.3. The first-order chi connectivity index (χ1) is 11.0. The van der Waals surface area contributed by atoms with E-state index in [1.807, 2.05) is 4.90 Å². The highest BCUT2D eigenvalue weighted by atomic mass is 35.5. The fourth-order valence-electron chi connectivity index (χ4n) is 3.10. The lowest BCUT2D eigenvalue weighted by Gasteiger charge is -2.40. The highest BCUT2D eigenvalue weighted by Gasteiger charge is 2.43. The Morgan fingerprint density at radius 3 is 2.30 bits per heavy atom. The van der Waals surface area contributed by atoms with E-state index in [2.05, 4.69) is 4.98 Å². The number of carbonyl (C=O) groups is 2. The molecule has 0 spiro atoms. The van der Waals surface area contributed by atoms with E-state index in [4.69, 9.17) is 28.3 Å². The highest BCUT2D eigenvalue weighted by molar-refractivity contribution is 6.36. The third-order valence-electron chi connectivity index (χ3n) is 4.59. The van der Waals surface area contributed by atoms with Crippen LogP contribution < -0.4 is 4.90 Å². The molecule has 1 aliphatic carbocycles. The predicted octanol–water partition coefficient (Wildman–Crippen LogP) is 2.15. The summed E-state index contributed by atoms with van der Waals surface area (Å²) in [5.74, 6) is -1.14. The first-order valence-corrected chi connectivity index (χ1v) is 8.30. The van der Waals surface area contributed by atoms with Crippen LogP contribution in [0.2, 0.25) is 10.0 Å². The van der Waals surface area contributed by atoms with Crippen LogP contribution in [0.5, 0.6) is 0 Å². The van der Waals surface area contributed by atoms with Crippen molar-refractivity contribution in [3.8, 4) is 0 Å². The second-order valence-electron chi connectivity index (χ2n) is 5.90. The molecule has 1 aromatic rings. The van der Waals surface area contributed by atoms with Crippen LogP contribution in [0.25, 0.3) is 0 Å². The van der Waals surface area contributed by atoms with Gasteiger partial charge in [-0.1, -0.05) is 23.2 Å². The van der Waals surface area contributed by atoms with Gasteiger partial charge in [-0.2, -0.15) is 0 Å². The van der Waals surface area contributed by atoms with Crippen LogP contribution in [0.4, 0.5) is 5.82 Å². The Kier molecular flexibility index (Phi) is 4.64. The number of carbonyl (C=O) groups excluding carboxylic acids is 1. The normalized spacial score (nSPS) is 24.3. The standard InChI is InChI=1S/C15H17Cl2N3O3/c16-9-7-12(17)13(18-8-9)19-3-5-20(6-4-19)14(21)10-1-2-11(10)15(22)23/h7-8,10-11H,1-6H2,(H,22,23). The zero-order chi connectivity index (χ0) is 16.6. The minimum atomic E-state index is -0.870. The van der Waals surface area contributed by atoms with Crippen LogP contribution in [0.15, 0.2) is 12.3 Å². The van der Waals surface area contributed by atoms with E-state index in [-0.39, 0.29) is 11.8 Å². The van der Waals surface area contributed by atoms with Crippen LogP contribution in [0.1, 0.15) is 12.8 Å². The summed E-state index contributed by atoms with van der Waals surface area (Å²) in [7, 11) is 0. The molecule has 1 amide bonds. The van der Waals surface area contributed by atoms with Gasteiger partial charge in [-0.3, -0.25) is 9.59 Å². The van der Waals surface area contributed by atoms with Gasteiger partial charge in [0, 0.05) is 32.4 Å². The molecule has 1 aliphatic heterocycles. The molecule has 1 N–H and O–H groups in total. The van der Waals surface area contributed by atoms with E-state index in [9.17, 15) is 9.59 Å². The van der Waals surface area contributed by atoms with Crippen molar-refractivity contribution in [3.05, 3.63) is 22.3 Å². The second kappa shape index (κ2) is 6.53. The van der Waals surface area contributed by atoms with Crippen LogP contribution in [-0.4, -0.2) is 53.0 Å². The molecule has 2 fully saturated rings. The minimum Gasteiger partial charge on any atom is -0.481 e. The molecule has 1 saturated heterocycles. The summed E-state index contributed by atoms with van der Waals surface area (Å²) in [5.41, 5.74) is 0. The van der Waals surface area contributed by atoms with Crippen molar-refractivity contribution in [1.29, 1.82) is 0 Å². The lowest BCUT2D eigenvalue weighted by Crippen LogP contribution is -2.53. The van der Waals surface area contributed by atoms with Gasteiger partial charge in [0.05, 0.1) is 21.9 Å². The van der Waals surface area contributed by atoms with Crippen molar-refractivity contribution >= 4 is 40.9 Å². The molecule has 0 bridgehead atoms. The van der Waals surface area contributed by atoms with Crippen molar-refractivity contribution in [1.82, 2.24) is 9.88 Å². The smallest absolute Gasteiger partial charge is 0.307 e. The molecule has 23 heavy (non-hydrogen) atoms. The van der Waals surface area contributed by atoms with E-state index in [0.29, 0.717) is 54.9 Å². The Morgan fingerprint density at radius 2 is 1.78 bits per heavy atom. The highest BCUT2D eigenvalue weighted by Crippen LogP contribution is 2.36. The molecular formula is C15H17Cl2N3O3. The fraction of sp³-hybridized carbons (Fsp3) is 0.533. The van der Waals surface area contributed by atoms with Gasteiger partial charge in [-0.25, -0.2) is 4.98 Å². The van der Waals surface area contributed by atoms with E-state index < -0.39 is 11.9 Å². The zero-order valence-electron chi connectivity index (χ0n) is 12.4. The van der Waals surface area contributed by atoms with Crippen molar-refractivity contribution in [2.24, 2.45) is 11.8 Å². The van der Waals surface area contributed by atoms with Gasteiger partial charge < -0.3 is 14.9 Å². The number of nitrogens with zero attached hydrogens (tertiary/aromatic N) is 3. The summed E-state index contributed by atoms with van der Waals surface area (Å²) in [5, 5.41) is 10.1. The SMILES string of the molecule is O=C(O)C1CCC1C(=O)N1CCN(c2ncc(Cl)cc2Cl)CC1. The number of hydrogen-bond donors (Lipinski definition) is 1. The molecule has 3 rings (SSSR count). The number of carboxylic acids is 1. The number of amides is 1. The van der Waals surface area contributed by atoms with Crippen LogP contribution in [0.3, 0.4) is 0 Å². The van der Waals surface area contributed by atoms with Crippen molar-refractivity contribution < 1.29 is 14.7 Å². The molecular weight excluding hydrogens is 341 g/mol. The largest absolute Gasteiger partial charge is 0.481 e. The van der Waals surface area contributed by atoms with Crippen LogP contribution >= 0.6 is 23.2 Å². The van der Waals surface area contributed by atoms with Gasteiger partial charge in [0.2, 0.25) is 5.91 Å². The Balaban J connectivity index is 1.60. The summed E-state index contributed by atoms with van der Waals surface area (Å²) < 4.78 is 0. The number of aliphatic carboxylic acids is 1. The van der Waals surface area contributed by atoms with Gasteiger partial charge in [-0.05, 0) is 18.9 Å². The maximum atomic E-state index is 12.4. The summed E-state index contributed by atoms with van der Waals surface area (Å²) in [4.78, 5) is 31.5. The molecule has 2 aliphatic rings. The summed E-state index contributed by atoms with van der Waals surface area (Å²) >= 11 is 12.0. The van der Waals surface area contributed by atoms with E-state index in [1.165, 1.54) is 0 Å². The third kappa shape index (κ3) is 3.23. The lowest BCUT2D eigenvalue weighted by molar-refractivity contribution is -0.156. The van der Waals surface area contributed by atoms with E-state index in [0.717, 1.165) is 0 Å². The molecule has 124 valence electrons. The second-order valence-corrected chi connectivity index (χ2v) is 6.74. The number of aromatic nitrogens is 1. The number of piperazine rings is 1. The molecule has 8 heteroatoms. The molecule has 0 aromatic carbocycles. The number of rotatable bonds is 3. The van der Waals surface area contributed by atoms with E-state index in [1.54, 1.807) is 17.2 Å². The molecule has 6 nitrogen and oxygen atoms in total. The number of anilines is 1. The average molecular weight is 358 g/mol. The molecule has 0 radical (unpaired) electrons. The predicted molar refractivity (Wildman–Crippen MR) is 86.9 cm³/mol. The van der Waals surface area contributed by atoms with Gasteiger partial charge in [0.25, 0.3) is 0 Å². The number of halogens is 2. The summed E-state index contributed by atoms with van der Waals surface area (Å²) in [6, 6.07) is 1.65. The Hall–Kier alpha value is -1.53. The fourth-order valence-corrected chi connectivity index (χ4v) is 3.60. The molecule has 2 atom stereocenters. The van der Waals surface area contributed by atoms with Crippen LogP contribution in [0, 0.1) is 11.8 Å². The number of hydrogen-bond acceptors (Lipinski definition) is 4. The van der Waals surface area contributed by atoms with Gasteiger partial charge >= 0.3 is 5.97 Å². The average Bonchev–Trinajstić information content (AvgIpc) is 2.45. The summed E-state index contributed by atoms with van der Waals surface area (Å²) in [6.45, 7) is 2.32.